The van der Waals surface area contributed by atoms with Crippen molar-refractivity contribution in [1.29, 1.82) is 0 Å². The number of amides is 2. The van der Waals surface area contributed by atoms with Gasteiger partial charge < -0.3 is 24.8 Å². The molecule has 1 aromatic heterocycles. The van der Waals surface area contributed by atoms with Crippen LogP contribution in [0.5, 0.6) is 5.75 Å². The Labute approximate surface area is 350 Å². The zero-order valence-electron chi connectivity index (χ0n) is 33.6. The van der Waals surface area contributed by atoms with Gasteiger partial charge in [0.25, 0.3) is 11.8 Å². The molecule has 2 aliphatic rings. The van der Waals surface area contributed by atoms with E-state index in [-0.39, 0.29) is 48.4 Å². The second kappa shape index (κ2) is 16.6. The highest BCUT2D eigenvalue weighted by Gasteiger charge is 2.66. The molecule has 59 heavy (non-hydrogen) atoms. The highest BCUT2D eigenvalue weighted by molar-refractivity contribution is 6.91. The van der Waals surface area contributed by atoms with E-state index in [1.807, 2.05) is 119 Å². The molecule has 0 bridgehead atoms. The van der Waals surface area contributed by atoms with Crippen molar-refractivity contribution in [3.05, 3.63) is 167 Å². The van der Waals surface area contributed by atoms with E-state index in [9.17, 15) is 9.90 Å². The summed E-state index contributed by atoms with van der Waals surface area (Å²) in [6.45, 7) is 7.55. The first-order valence-electron chi connectivity index (χ1n) is 20.0. The lowest BCUT2D eigenvalue weighted by atomic mass is 9.82. The Bertz CT molecular complexity index is 2450. The number of anilines is 2. The van der Waals surface area contributed by atoms with Crippen LogP contribution in [0, 0.1) is 5.92 Å². The number of nitrogens with one attached hydrogen (secondary N) is 1. The largest absolute Gasteiger partial charge is 0.497 e. The third-order valence-electron chi connectivity index (χ3n) is 12.3. The summed E-state index contributed by atoms with van der Waals surface area (Å²) in [5.74, 6) is -0.0844. The van der Waals surface area contributed by atoms with Crippen LogP contribution in [0.3, 0.4) is 0 Å². The number of halogens is 1. The number of aryl methyl sites for hydroxylation is 1. The molecule has 302 valence electrons. The number of carbonyl (C=O) groups is 2. The third-order valence-corrected chi connectivity index (χ3v) is 16.9. The number of nitrogens with zero attached hydrogens (tertiary/aromatic N) is 4. The van der Waals surface area contributed by atoms with Crippen molar-refractivity contribution in [2.45, 2.75) is 62.7 Å². The minimum Gasteiger partial charge on any atom is -0.497 e. The van der Waals surface area contributed by atoms with E-state index >= 15 is 4.79 Å². The normalized spacial score (nSPS) is 20.5. The molecule has 2 aliphatic heterocycles. The molecule has 1 saturated heterocycles. The Balaban J connectivity index is 1.12. The van der Waals surface area contributed by atoms with Crippen molar-refractivity contribution >= 4 is 48.1 Å². The number of hydrogen-bond donors (Lipinski definition) is 2. The van der Waals surface area contributed by atoms with E-state index in [4.69, 9.17) is 21.1 Å². The second-order valence-electron chi connectivity index (χ2n) is 16.1. The van der Waals surface area contributed by atoms with Gasteiger partial charge >= 0.3 is 0 Å². The smallest absolute Gasteiger partial charge is 0.264 e. The Morgan fingerprint density at radius 1 is 0.966 bits per heavy atom. The summed E-state index contributed by atoms with van der Waals surface area (Å²) in [7, 11) is -0.751. The first-order chi connectivity index (χ1) is 28.5. The lowest BCUT2D eigenvalue weighted by Gasteiger charge is -2.37. The van der Waals surface area contributed by atoms with E-state index in [2.05, 4.69) is 47.8 Å². The number of rotatable bonds is 13. The third kappa shape index (κ3) is 7.60. The van der Waals surface area contributed by atoms with Crippen LogP contribution in [0.1, 0.15) is 52.0 Å². The maximum Gasteiger partial charge on any atom is 0.264 e. The number of benzene rings is 5. The molecule has 12 heteroatoms. The molecule has 5 aromatic carbocycles. The zero-order valence-corrected chi connectivity index (χ0v) is 35.3. The van der Waals surface area contributed by atoms with Gasteiger partial charge in [0.2, 0.25) is 0 Å². The summed E-state index contributed by atoms with van der Waals surface area (Å²) in [4.78, 5) is 30.2. The number of hydrogen-bond acceptors (Lipinski definition) is 7. The predicted octanol–water partition coefficient (Wildman–Crippen LogP) is 8.17. The Morgan fingerprint density at radius 2 is 1.69 bits per heavy atom. The van der Waals surface area contributed by atoms with Gasteiger partial charge in [-0.3, -0.25) is 14.3 Å². The van der Waals surface area contributed by atoms with E-state index in [1.54, 1.807) is 19.2 Å². The molecular formula is C47H48ClN5O5Si. The Kier molecular flexibility index (Phi) is 11.3. The first-order valence-corrected chi connectivity index (χ1v) is 23.4. The van der Waals surface area contributed by atoms with Crippen molar-refractivity contribution in [2.75, 3.05) is 23.9 Å². The van der Waals surface area contributed by atoms with E-state index < -0.39 is 13.7 Å². The van der Waals surface area contributed by atoms with E-state index in [0.717, 1.165) is 28.1 Å². The van der Waals surface area contributed by atoms with Crippen LogP contribution in [0.15, 0.2) is 134 Å². The number of aliphatic hydroxyl groups excluding tert-OH is 1. The van der Waals surface area contributed by atoms with Gasteiger partial charge in [-0.15, -0.1) is 5.10 Å². The van der Waals surface area contributed by atoms with Gasteiger partial charge in [0, 0.05) is 40.5 Å². The van der Waals surface area contributed by atoms with Gasteiger partial charge in [0.05, 0.1) is 51.7 Å². The predicted molar refractivity (Wildman–Crippen MR) is 233 cm³/mol. The van der Waals surface area contributed by atoms with Gasteiger partial charge in [-0.1, -0.05) is 115 Å². The van der Waals surface area contributed by atoms with Crippen LogP contribution in [-0.2, 0) is 28.2 Å². The monoisotopic (exact) mass is 825 g/mol. The average molecular weight is 826 g/mol. The van der Waals surface area contributed by atoms with Gasteiger partial charge in [-0.25, -0.2) is 0 Å². The second-order valence-corrected chi connectivity index (χ2v) is 21.2. The quantitative estimate of drug-likeness (QED) is 0.113. The lowest BCUT2D eigenvalue weighted by Crippen LogP contribution is -2.51. The van der Waals surface area contributed by atoms with Crippen LogP contribution in [0.2, 0.25) is 23.7 Å². The van der Waals surface area contributed by atoms with E-state index in [0.29, 0.717) is 34.9 Å². The number of aliphatic hydroxyl groups is 1. The molecule has 1 unspecified atom stereocenters. The highest BCUT2D eigenvalue weighted by Crippen LogP contribution is 2.60. The van der Waals surface area contributed by atoms with Crippen molar-refractivity contribution in [3.8, 4) is 5.75 Å². The maximum absolute atomic E-state index is 15.4. The molecule has 6 aromatic rings. The fraction of sp³-hybridized carbons (Fsp3) is 0.277. The SMILES string of the molecule is COc1ccc([Si](C)(C)[C@H]2[C@H](CCn3cc(C(CO)c4ccccc4)nn3)O[C@@]3(C(=O)N(Cc4cccc(NC(=O)c5ccccc5)c4)c4ccc(Cl)cc43)[C@@H]2C)cc1. The highest BCUT2D eigenvalue weighted by atomic mass is 35.5. The van der Waals surface area contributed by atoms with Crippen molar-refractivity contribution < 1.29 is 24.2 Å². The van der Waals surface area contributed by atoms with E-state index in [1.165, 1.54) is 5.19 Å². The summed E-state index contributed by atoms with van der Waals surface area (Å²) in [5.41, 5.74) is 3.93. The van der Waals surface area contributed by atoms with Crippen molar-refractivity contribution in [1.82, 2.24) is 15.0 Å². The molecule has 1 fully saturated rings. The van der Waals surface area contributed by atoms with Crippen molar-refractivity contribution in [3.63, 3.8) is 0 Å². The maximum atomic E-state index is 15.4. The molecule has 0 aliphatic carbocycles. The fourth-order valence-electron chi connectivity index (χ4n) is 9.33. The van der Waals surface area contributed by atoms with Gasteiger partial charge in [0.15, 0.2) is 5.60 Å². The number of ether oxygens (including phenoxy) is 2. The van der Waals surface area contributed by atoms with Crippen LogP contribution in [0.4, 0.5) is 11.4 Å². The molecule has 0 radical (unpaired) electrons. The lowest BCUT2D eigenvalue weighted by molar-refractivity contribution is -0.146. The fourth-order valence-corrected chi connectivity index (χ4v) is 13.6. The van der Waals surface area contributed by atoms with Gasteiger partial charge in [-0.2, -0.15) is 0 Å². The molecule has 5 atom stereocenters. The summed E-state index contributed by atoms with van der Waals surface area (Å²) in [6.07, 6.45) is 2.15. The summed E-state index contributed by atoms with van der Waals surface area (Å²) in [5, 5.41) is 24.1. The summed E-state index contributed by atoms with van der Waals surface area (Å²) < 4.78 is 14.7. The Morgan fingerprint density at radius 3 is 2.41 bits per heavy atom. The van der Waals surface area contributed by atoms with Crippen LogP contribution < -0.4 is 20.1 Å². The average Bonchev–Trinajstić information content (AvgIpc) is 3.91. The minimum atomic E-state index is -2.42. The standard InChI is InChI=1S/C47H48ClN5O5Si/c1-31-44(59(3,4)38-21-19-37(57-2)20-22-38)43(24-25-52-29-41(50-51-52)39(30-54)33-13-7-5-8-14-33)58-47(31)40-27-35(48)18-23-42(40)53(46(47)56)28-32-12-11-17-36(26-32)49-45(55)34-15-9-6-10-16-34/h5-23,26-27,29,31,39,43-44,54H,24-25,28,30H2,1-4H3,(H,49,55)/t31-,39?,43+,44-,47+/m1/s1. The van der Waals surface area contributed by atoms with Crippen LogP contribution >= 0.6 is 11.6 Å². The summed E-state index contributed by atoms with van der Waals surface area (Å²) >= 11 is 6.76. The molecule has 2 amide bonds. The van der Waals surface area contributed by atoms with Crippen LogP contribution in [-0.4, -0.2) is 59.8 Å². The number of carbonyl (C=O) groups excluding carboxylic acids is 2. The Hall–Kier alpha value is -5.59. The minimum absolute atomic E-state index is 0.000606. The zero-order chi connectivity index (χ0) is 41.3. The van der Waals surface area contributed by atoms with Crippen LogP contribution in [0.25, 0.3) is 0 Å². The first kappa shape index (κ1) is 40.2. The number of methoxy groups -OCH3 is 1. The number of fused-ring (bicyclic) bond motifs is 2. The molecular weight excluding hydrogens is 778 g/mol. The molecule has 10 nitrogen and oxygen atoms in total. The number of aromatic nitrogens is 3. The topological polar surface area (TPSA) is 119 Å². The molecule has 0 saturated carbocycles. The van der Waals surface area contributed by atoms with Gasteiger partial charge in [0.1, 0.15) is 5.75 Å². The molecule has 3 heterocycles. The van der Waals surface area contributed by atoms with Crippen molar-refractivity contribution in [2.24, 2.45) is 5.92 Å². The molecule has 1 spiro atoms. The summed E-state index contributed by atoms with van der Waals surface area (Å²) in [6, 6.07) is 40.4. The molecule has 2 N–H and O–H groups in total. The van der Waals surface area contributed by atoms with Gasteiger partial charge in [-0.05, 0) is 77.7 Å². The molecule has 8 rings (SSSR count).